The van der Waals surface area contributed by atoms with E-state index in [2.05, 4.69) is 4.72 Å². The van der Waals surface area contributed by atoms with Gasteiger partial charge in [-0.25, -0.2) is 22.8 Å². The normalized spacial score (nSPS) is 11.8. The molecule has 0 aliphatic rings. The van der Waals surface area contributed by atoms with E-state index < -0.39 is 10.0 Å². The number of nitrogens with zero attached hydrogens (tertiary/aromatic N) is 4. The van der Waals surface area contributed by atoms with E-state index in [1.54, 1.807) is 30.5 Å². The third-order valence-corrected chi connectivity index (χ3v) is 7.61. The van der Waals surface area contributed by atoms with Gasteiger partial charge in [-0.3, -0.25) is 9.12 Å². The summed E-state index contributed by atoms with van der Waals surface area (Å²) >= 11 is 7.10. The van der Waals surface area contributed by atoms with Crippen LogP contribution in [0.1, 0.15) is 19.0 Å². The molecular weight excluding hydrogens is 485 g/mol. The maximum Gasteiger partial charge on any atom is 0.232 e. The van der Waals surface area contributed by atoms with Crippen LogP contribution in [0.3, 0.4) is 0 Å². The molecule has 0 unspecified atom stereocenters. The molecule has 3 aromatic heterocycles. The summed E-state index contributed by atoms with van der Waals surface area (Å²) in [4.78, 5) is 11.4. The first-order chi connectivity index (χ1) is 15.8. The third kappa shape index (κ3) is 5.13. The van der Waals surface area contributed by atoms with Gasteiger partial charge in [0, 0.05) is 30.1 Å². The van der Waals surface area contributed by atoms with Crippen molar-refractivity contribution in [1.82, 2.24) is 14.4 Å². The van der Waals surface area contributed by atoms with Gasteiger partial charge < -0.3 is 4.90 Å². The first kappa shape index (κ1) is 23.5. The zero-order valence-electron chi connectivity index (χ0n) is 18.1. The number of benzene rings is 1. The van der Waals surface area contributed by atoms with Gasteiger partial charge in [-0.2, -0.15) is 0 Å². The molecule has 0 bridgehead atoms. The highest BCUT2D eigenvalue weighted by molar-refractivity contribution is 7.92. The molecule has 11 heteroatoms. The third-order valence-electron chi connectivity index (χ3n) is 5.05. The average Bonchev–Trinajstić information content (AvgIpc) is 3.42. The molecule has 1 aromatic carbocycles. The molecule has 1 N–H and O–H groups in total. The minimum absolute atomic E-state index is 0.0449. The van der Waals surface area contributed by atoms with Crippen LogP contribution >= 0.6 is 22.9 Å². The maximum absolute atomic E-state index is 13.3. The lowest BCUT2D eigenvalue weighted by molar-refractivity contribution is 0.600. The number of anilines is 3. The van der Waals surface area contributed by atoms with Gasteiger partial charge in [0.1, 0.15) is 17.3 Å². The van der Waals surface area contributed by atoms with E-state index in [0.29, 0.717) is 24.2 Å². The lowest BCUT2D eigenvalue weighted by atomic mass is 10.2. The van der Waals surface area contributed by atoms with Crippen LogP contribution in [0.2, 0.25) is 0 Å². The molecule has 33 heavy (non-hydrogen) atoms. The number of halogens is 2. The molecule has 0 fully saturated rings. The summed E-state index contributed by atoms with van der Waals surface area (Å²) in [7, 11) is -1.60. The predicted molar refractivity (Wildman–Crippen MR) is 133 cm³/mol. The van der Waals surface area contributed by atoms with Crippen molar-refractivity contribution in [1.29, 1.82) is 0 Å². The highest BCUT2D eigenvalue weighted by Gasteiger charge is 2.20. The minimum atomic E-state index is -3.50. The van der Waals surface area contributed by atoms with Gasteiger partial charge in [-0.1, -0.05) is 6.92 Å². The summed E-state index contributed by atoms with van der Waals surface area (Å²) in [5, 5.41) is 2.66. The summed E-state index contributed by atoms with van der Waals surface area (Å²) in [6, 6.07) is 9.69. The van der Waals surface area contributed by atoms with Gasteiger partial charge >= 0.3 is 0 Å². The van der Waals surface area contributed by atoms with Crippen LogP contribution in [0.25, 0.3) is 16.9 Å². The molecule has 7 nitrogen and oxygen atoms in total. The highest BCUT2D eigenvalue weighted by atomic mass is 35.5. The van der Waals surface area contributed by atoms with E-state index in [0.717, 1.165) is 27.9 Å². The van der Waals surface area contributed by atoms with Gasteiger partial charge in [0.05, 0.1) is 22.8 Å². The first-order valence-electron chi connectivity index (χ1n) is 10.3. The fourth-order valence-electron chi connectivity index (χ4n) is 3.47. The van der Waals surface area contributed by atoms with Crippen molar-refractivity contribution in [2.75, 3.05) is 28.3 Å². The molecule has 0 spiro atoms. The molecular formula is C22H23ClFN5O2S2. The number of hydrogen-bond donors (Lipinski definition) is 1. The Morgan fingerprint density at radius 3 is 2.64 bits per heavy atom. The largest absolute Gasteiger partial charge is 0.305 e. The standard InChI is InChI=1S/C22H23ClFN5O2S2/c1-3-18-21(28(2)22-26-19(14-32-22)15-5-7-16(24)8-6-15)29-13-17(9-10-20(29)25-18)27-33(30,31)12-4-11-23/h5-10,13-14,27H,3-4,11-12H2,1-2H3. The number of pyridine rings is 1. The first-order valence-corrected chi connectivity index (χ1v) is 13.4. The zero-order chi connectivity index (χ0) is 23.6. The van der Waals surface area contributed by atoms with Crippen LogP contribution < -0.4 is 9.62 Å². The molecule has 0 saturated heterocycles. The number of aryl methyl sites for hydroxylation is 1. The number of imidazole rings is 1. The zero-order valence-corrected chi connectivity index (χ0v) is 20.5. The molecule has 4 rings (SSSR count). The fraction of sp³-hybridized carbons (Fsp3) is 0.273. The SMILES string of the molecule is CCc1nc2ccc(NS(=O)(=O)CCCCl)cn2c1N(C)c1nc(-c2ccc(F)cc2)cs1. The summed E-state index contributed by atoms with van der Waals surface area (Å²) in [5.74, 6) is 0.744. The Kier molecular flexibility index (Phi) is 6.87. The molecule has 4 aromatic rings. The second-order valence-electron chi connectivity index (χ2n) is 7.43. The van der Waals surface area contributed by atoms with Crippen LogP contribution in [0.4, 0.5) is 21.0 Å². The Morgan fingerprint density at radius 1 is 1.18 bits per heavy atom. The van der Waals surface area contributed by atoms with Gasteiger partial charge in [0.2, 0.25) is 10.0 Å². The number of fused-ring (bicyclic) bond motifs is 1. The van der Waals surface area contributed by atoms with Crippen LogP contribution in [0.15, 0.2) is 48.0 Å². The molecule has 0 aliphatic heterocycles. The molecule has 3 heterocycles. The van der Waals surface area contributed by atoms with Gasteiger partial charge in [-0.15, -0.1) is 22.9 Å². The lowest BCUT2D eigenvalue weighted by Crippen LogP contribution is -2.17. The van der Waals surface area contributed by atoms with Crippen LogP contribution in [-0.4, -0.2) is 41.5 Å². The second kappa shape index (κ2) is 9.66. The monoisotopic (exact) mass is 507 g/mol. The molecule has 0 saturated carbocycles. The summed E-state index contributed by atoms with van der Waals surface area (Å²) in [6.07, 6.45) is 2.78. The number of thiazole rings is 1. The number of nitrogens with one attached hydrogen (secondary N) is 1. The van der Waals surface area contributed by atoms with Crippen molar-refractivity contribution in [3.8, 4) is 11.3 Å². The van der Waals surface area contributed by atoms with E-state index in [9.17, 15) is 12.8 Å². The van der Waals surface area contributed by atoms with Crippen molar-refractivity contribution in [2.45, 2.75) is 19.8 Å². The molecule has 0 amide bonds. The Balaban J connectivity index is 1.69. The molecule has 0 radical (unpaired) electrons. The highest BCUT2D eigenvalue weighted by Crippen LogP contribution is 2.34. The number of rotatable bonds is 9. The molecule has 0 atom stereocenters. The predicted octanol–water partition coefficient (Wildman–Crippen LogP) is 5.30. The van der Waals surface area contributed by atoms with E-state index in [1.807, 2.05) is 28.7 Å². The summed E-state index contributed by atoms with van der Waals surface area (Å²) in [5.41, 5.74) is 3.58. The van der Waals surface area contributed by atoms with Crippen LogP contribution in [0, 0.1) is 5.82 Å². The Hall–Kier alpha value is -2.69. The van der Waals surface area contributed by atoms with E-state index in [1.165, 1.54) is 23.5 Å². The maximum atomic E-state index is 13.3. The number of hydrogen-bond acceptors (Lipinski definition) is 6. The van der Waals surface area contributed by atoms with Gasteiger partial charge in [0.15, 0.2) is 5.13 Å². The van der Waals surface area contributed by atoms with Gasteiger partial charge in [0.25, 0.3) is 0 Å². The second-order valence-corrected chi connectivity index (χ2v) is 10.5. The van der Waals surface area contributed by atoms with Crippen molar-refractivity contribution >= 4 is 55.2 Å². The van der Waals surface area contributed by atoms with E-state index in [4.69, 9.17) is 21.6 Å². The number of sulfonamides is 1. The van der Waals surface area contributed by atoms with E-state index in [-0.39, 0.29) is 17.5 Å². The lowest BCUT2D eigenvalue weighted by Gasteiger charge is -2.17. The summed E-state index contributed by atoms with van der Waals surface area (Å²) < 4.78 is 42.4. The van der Waals surface area contributed by atoms with Crippen molar-refractivity contribution in [3.05, 3.63) is 59.5 Å². The topological polar surface area (TPSA) is 79.6 Å². The number of aromatic nitrogens is 3. The van der Waals surface area contributed by atoms with Crippen LogP contribution in [0.5, 0.6) is 0 Å². The van der Waals surface area contributed by atoms with Crippen LogP contribution in [-0.2, 0) is 16.4 Å². The smallest absolute Gasteiger partial charge is 0.232 e. The molecule has 174 valence electrons. The average molecular weight is 508 g/mol. The van der Waals surface area contributed by atoms with Crippen molar-refractivity contribution in [3.63, 3.8) is 0 Å². The Morgan fingerprint density at radius 2 is 1.94 bits per heavy atom. The molecule has 0 aliphatic carbocycles. The Labute approximate surface area is 200 Å². The summed E-state index contributed by atoms with van der Waals surface area (Å²) in [6.45, 7) is 2.01. The van der Waals surface area contributed by atoms with Gasteiger partial charge in [-0.05, 0) is 49.2 Å². The van der Waals surface area contributed by atoms with Crippen molar-refractivity contribution in [2.24, 2.45) is 0 Å². The Bertz CT molecular complexity index is 1370. The fourth-order valence-corrected chi connectivity index (χ4v) is 5.67. The minimum Gasteiger partial charge on any atom is -0.305 e. The van der Waals surface area contributed by atoms with Crippen molar-refractivity contribution < 1.29 is 12.8 Å². The number of alkyl halides is 1. The van der Waals surface area contributed by atoms with E-state index >= 15 is 0 Å². The quantitative estimate of drug-likeness (QED) is 0.311.